The second-order valence-electron chi connectivity index (χ2n) is 8.31. The zero-order chi connectivity index (χ0) is 14.0. The third-order valence-electron chi connectivity index (χ3n) is 5.72. The molecule has 0 aromatic rings. The fourth-order valence-corrected chi connectivity index (χ4v) is 4.51. The highest BCUT2D eigenvalue weighted by Gasteiger charge is 2.38. The first-order valence-corrected chi connectivity index (χ1v) is 9.06. The number of nitrogens with one attached hydrogen (secondary N) is 1. The summed E-state index contributed by atoms with van der Waals surface area (Å²) in [5, 5.41) is 3.52. The Labute approximate surface area is 125 Å². The maximum Gasteiger partial charge on any atom is 0.00505 e. The SMILES string of the molecule is CNCC1(CN(CC2CC2)CC2CC2)CCCC(C)C1. The number of hydrogen-bond acceptors (Lipinski definition) is 2. The van der Waals surface area contributed by atoms with Crippen molar-refractivity contribution in [2.45, 2.75) is 58.3 Å². The van der Waals surface area contributed by atoms with Crippen LogP contribution in [-0.4, -0.2) is 38.1 Å². The van der Waals surface area contributed by atoms with Gasteiger partial charge in [-0.25, -0.2) is 0 Å². The zero-order valence-electron chi connectivity index (χ0n) is 13.7. The quantitative estimate of drug-likeness (QED) is 0.731. The molecule has 0 spiro atoms. The Morgan fingerprint density at radius 2 is 1.70 bits per heavy atom. The van der Waals surface area contributed by atoms with Gasteiger partial charge in [0.15, 0.2) is 0 Å². The molecule has 3 fully saturated rings. The van der Waals surface area contributed by atoms with Crippen molar-refractivity contribution in [1.82, 2.24) is 10.2 Å². The van der Waals surface area contributed by atoms with E-state index in [0.29, 0.717) is 5.41 Å². The zero-order valence-corrected chi connectivity index (χ0v) is 13.7. The maximum absolute atomic E-state index is 3.52. The molecule has 116 valence electrons. The second-order valence-corrected chi connectivity index (χ2v) is 8.31. The highest BCUT2D eigenvalue weighted by molar-refractivity contribution is 4.92. The summed E-state index contributed by atoms with van der Waals surface area (Å²) >= 11 is 0. The monoisotopic (exact) mass is 278 g/mol. The van der Waals surface area contributed by atoms with Gasteiger partial charge in [-0.2, -0.15) is 0 Å². The molecule has 3 aliphatic carbocycles. The average molecular weight is 278 g/mol. The highest BCUT2D eigenvalue weighted by atomic mass is 15.1. The molecule has 2 nitrogen and oxygen atoms in total. The number of rotatable bonds is 8. The molecule has 2 heteroatoms. The Kier molecular flexibility index (Phi) is 4.72. The Balaban J connectivity index is 1.61. The molecule has 3 rings (SSSR count). The molecule has 0 bridgehead atoms. The molecule has 0 aromatic heterocycles. The van der Waals surface area contributed by atoms with Crippen molar-refractivity contribution in [1.29, 1.82) is 0 Å². The van der Waals surface area contributed by atoms with Crippen LogP contribution in [0.4, 0.5) is 0 Å². The number of nitrogens with zero attached hydrogens (tertiary/aromatic N) is 1. The standard InChI is InChI=1S/C18H34N2/c1-15-4-3-9-18(10-15,13-19-2)14-20(11-16-5-6-16)12-17-7-8-17/h15-17,19H,3-14H2,1-2H3. The lowest BCUT2D eigenvalue weighted by Crippen LogP contribution is -2.47. The van der Waals surface area contributed by atoms with Crippen LogP contribution in [0.3, 0.4) is 0 Å². The van der Waals surface area contributed by atoms with Crippen molar-refractivity contribution in [2.24, 2.45) is 23.2 Å². The van der Waals surface area contributed by atoms with Crippen LogP contribution >= 0.6 is 0 Å². The van der Waals surface area contributed by atoms with Crippen molar-refractivity contribution >= 4 is 0 Å². The largest absolute Gasteiger partial charge is 0.319 e. The van der Waals surface area contributed by atoms with Crippen molar-refractivity contribution in [2.75, 3.05) is 33.2 Å². The van der Waals surface area contributed by atoms with Gasteiger partial charge < -0.3 is 10.2 Å². The van der Waals surface area contributed by atoms with Crippen LogP contribution in [-0.2, 0) is 0 Å². The van der Waals surface area contributed by atoms with Crippen LogP contribution in [0.2, 0.25) is 0 Å². The summed E-state index contributed by atoms with van der Waals surface area (Å²) in [5.74, 6) is 3.02. The molecule has 0 aliphatic heterocycles. The van der Waals surface area contributed by atoms with Gasteiger partial charge in [0.2, 0.25) is 0 Å². The summed E-state index contributed by atoms with van der Waals surface area (Å²) in [4.78, 5) is 2.87. The third-order valence-corrected chi connectivity index (χ3v) is 5.72. The molecule has 0 saturated heterocycles. The minimum Gasteiger partial charge on any atom is -0.319 e. The van der Waals surface area contributed by atoms with E-state index < -0.39 is 0 Å². The molecule has 1 N–H and O–H groups in total. The van der Waals surface area contributed by atoms with E-state index >= 15 is 0 Å². The van der Waals surface area contributed by atoms with Crippen molar-refractivity contribution in [3.05, 3.63) is 0 Å². The van der Waals surface area contributed by atoms with E-state index in [4.69, 9.17) is 0 Å². The topological polar surface area (TPSA) is 15.3 Å². The lowest BCUT2D eigenvalue weighted by molar-refractivity contribution is 0.0768. The van der Waals surface area contributed by atoms with Crippen molar-refractivity contribution < 1.29 is 0 Å². The molecular formula is C18H34N2. The lowest BCUT2D eigenvalue weighted by Gasteiger charge is -2.43. The minimum atomic E-state index is 0.566. The van der Waals surface area contributed by atoms with Gasteiger partial charge in [0.1, 0.15) is 0 Å². The Hall–Kier alpha value is -0.0800. The molecule has 3 saturated carbocycles. The predicted octanol–water partition coefficient (Wildman–Crippen LogP) is 3.52. The van der Waals surface area contributed by atoms with Crippen LogP contribution in [0.15, 0.2) is 0 Å². The first-order chi connectivity index (χ1) is 9.69. The van der Waals surface area contributed by atoms with Crippen LogP contribution in [0.25, 0.3) is 0 Å². The Bertz CT molecular complexity index is 291. The molecule has 0 heterocycles. The third kappa shape index (κ3) is 4.21. The first kappa shape index (κ1) is 14.8. The molecule has 0 amide bonds. The number of hydrogen-bond donors (Lipinski definition) is 1. The van der Waals surface area contributed by atoms with E-state index in [-0.39, 0.29) is 0 Å². The van der Waals surface area contributed by atoms with E-state index in [1.807, 2.05) is 0 Å². The highest BCUT2D eigenvalue weighted by Crippen LogP contribution is 2.41. The van der Waals surface area contributed by atoms with E-state index in [2.05, 4.69) is 24.2 Å². The smallest absolute Gasteiger partial charge is 0.00505 e. The predicted molar refractivity (Wildman–Crippen MR) is 85.9 cm³/mol. The van der Waals surface area contributed by atoms with E-state index in [1.165, 1.54) is 77.5 Å². The fraction of sp³-hybridized carbons (Fsp3) is 1.00. The van der Waals surface area contributed by atoms with Gasteiger partial charge in [0.05, 0.1) is 0 Å². The summed E-state index contributed by atoms with van der Waals surface area (Å²) in [6, 6.07) is 0. The van der Waals surface area contributed by atoms with Crippen molar-refractivity contribution in [3.8, 4) is 0 Å². The summed E-state index contributed by atoms with van der Waals surface area (Å²) in [7, 11) is 2.15. The fourth-order valence-electron chi connectivity index (χ4n) is 4.51. The lowest BCUT2D eigenvalue weighted by atomic mass is 9.69. The van der Waals surface area contributed by atoms with Crippen LogP contribution in [0.1, 0.15) is 58.3 Å². The molecule has 0 radical (unpaired) electrons. The van der Waals surface area contributed by atoms with Gasteiger partial charge in [-0.15, -0.1) is 0 Å². The summed E-state index contributed by atoms with van der Waals surface area (Å²) in [6.07, 6.45) is 11.8. The van der Waals surface area contributed by atoms with E-state index in [0.717, 1.165) is 17.8 Å². The Morgan fingerprint density at radius 3 is 2.20 bits per heavy atom. The normalized spacial score (nSPS) is 34.6. The molecular weight excluding hydrogens is 244 g/mol. The van der Waals surface area contributed by atoms with Gasteiger partial charge in [-0.05, 0) is 68.7 Å². The molecule has 3 aliphatic rings. The first-order valence-electron chi connectivity index (χ1n) is 9.06. The van der Waals surface area contributed by atoms with E-state index in [9.17, 15) is 0 Å². The molecule has 0 aromatic carbocycles. The summed E-state index contributed by atoms with van der Waals surface area (Å²) < 4.78 is 0. The van der Waals surface area contributed by atoms with Crippen molar-refractivity contribution in [3.63, 3.8) is 0 Å². The van der Waals surface area contributed by atoms with Gasteiger partial charge in [0.25, 0.3) is 0 Å². The Morgan fingerprint density at radius 1 is 1.05 bits per heavy atom. The summed E-state index contributed by atoms with van der Waals surface area (Å²) in [5.41, 5.74) is 0.566. The molecule has 2 unspecified atom stereocenters. The van der Waals surface area contributed by atoms with Gasteiger partial charge in [-0.3, -0.25) is 0 Å². The van der Waals surface area contributed by atoms with E-state index in [1.54, 1.807) is 0 Å². The summed E-state index contributed by atoms with van der Waals surface area (Å²) in [6.45, 7) is 7.86. The van der Waals surface area contributed by atoms with Crippen LogP contribution < -0.4 is 5.32 Å². The van der Waals surface area contributed by atoms with Gasteiger partial charge in [-0.1, -0.05) is 19.8 Å². The van der Waals surface area contributed by atoms with Gasteiger partial charge >= 0.3 is 0 Å². The minimum absolute atomic E-state index is 0.566. The maximum atomic E-state index is 3.52. The van der Waals surface area contributed by atoms with Crippen LogP contribution in [0.5, 0.6) is 0 Å². The molecule has 20 heavy (non-hydrogen) atoms. The molecule has 2 atom stereocenters. The second kappa shape index (κ2) is 6.36. The van der Waals surface area contributed by atoms with Crippen LogP contribution in [0, 0.1) is 23.2 Å². The van der Waals surface area contributed by atoms with Gasteiger partial charge in [0, 0.05) is 26.2 Å². The average Bonchev–Trinajstić information content (AvgIpc) is 3.25.